The summed E-state index contributed by atoms with van der Waals surface area (Å²) in [5.41, 5.74) is 8.15. The lowest BCUT2D eigenvalue weighted by Crippen LogP contribution is -2.45. The van der Waals surface area contributed by atoms with Crippen LogP contribution in [0.25, 0.3) is 17.8 Å². The summed E-state index contributed by atoms with van der Waals surface area (Å²) in [5, 5.41) is 5.87. The average molecular weight is 866 g/mol. The number of thiophene rings is 1. The molecule has 2 aliphatic heterocycles. The van der Waals surface area contributed by atoms with Crippen molar-refractivity contribution in [2.75, 3.05) is 0 Å². The molecule has 2 fully saturated rings. The second kappa shape index (κ2) is 17.0. The number of fused-ring (bicyclic) bond motifs is 9. The van der Waals surface area contributed by atoms with E-state index in [1.807, 2.05) is 5.57 Å². The van der Waals surface area contributed by atoms with Crippen molar-refractivity contribution in [3.05, 3.63) is 147 Å². The van der Waals surface area contributed by atoms with Crippen molar-refractivity contribution in [1.29, 1.82) is 0 Å². The Labute approximate surface area is 388 Å². The molecule has 0 bridgehead atoms. The van der Waals surface area contributed by atoms with E-state index in [1.165, 1.54) is 120 Å². The molecule has 0 saturated carbocycles. The van der Waals surface area contributed by atoms with Crippen LogP contribution < -0.4 is 15.1 Å². The summed E-state index contributed by atoms with van der Waals surface area (Å²) in [6.45, 7) is 0. The number of hydrogen-bond donors (Lipinski definition) is 1. The molecule has 4 heteroatoms. The summed E-state index contributed by atoms with van der Waals surface area (Å²) in [5.74, 6) is 6.18. The summed E-state index contributed by atoms with van der Waals surface area (Å²) in [4.78, 5) is 7.34. The van der Waals surface area contributed by atoms with Gasteiger partial charge in [0.05, 0.1) is 28.7 Å². The second-order valence-corrected chi connectivity index (χ2v) is 23.0. The molecule has 3 heterocycles. The first-order valence-corrected chi connectivity index (χ1v) is 27.2. The summed E-state index contributed by atoms with van der Waals surface area (Å²) < 4.78 is 1.55. The van der Waals surface area contributed by atoms with Crippen LogP contribution in [0.2, 0.25) is 0 Å². The maximum absolute atomic E-state index is 4.31. The largest absolute Gasteiger partial charge is 0.381 e. The minimum atomic E-state index is 0.429. The minimum absolute atomic E-state index is 0.429. The van der Waals surface area contributed by atoms with Gasteiger partial charge in [0.2, 0.25) is 0 Å². The summed E-state index contributed by atoms with van der Waals surface area (Å²) in [7, 11) is 0. The van der Waals surface area contributed by atoms with E-state index in [1.54, 1.807) is 26.7 Å². The molecule has 10 aliphatic carbocycles. The molecular weight excluding hydrogens is 795 g/mol. The van der Waals surface area contributed by atoms with Crippen molar-refractivity contribution in [1.82, 2.24) is 15.1 Å². The highest BCUT2D eigenvalue weighted by Crippen LogP contribution is 2.55. The van der Waals surface area contributed by atoms with Gasteiger partial charge in [-0.3, -0.25) is 0 Å². The summed E-state index contributed by atoms with van der Waals surface area (Å²) in [6, 6.07) is 2.66. The van der Waals surface area contributed by atoms with Gasteiger partial charge < -0.3 is 15.1 Å². The standard InChI is InChI=1S/C60H71N3S/c1-4-15-39(16-5-1)49-35-40(27-31-53(49)61-54-24-14-23-48-47-22-11-13-26-59(47)64-60(48)54)42-29-33-57-51(37-42)52-38-43(30-34-58(52)63(57)45-19-8-3-9-20-45)41-28-32-56-50(36-41)46-21-10-12-25-55(46)62(56)44-17-6-2-7-18-44/h1-4,6,8,12-13,17,19,23,25-27,29-31,33-34,36,39-43,46,49,51-53,55-58,61H,5,7,9-11,14-16,18,20-22,24,28,32,35,37-38H2/t39-,40?,41?,42?,43?,46?,49?,51?,52?,53?,55?,56?,57?,58?/m0/s1. The summed E-state index contributed by atoms with van der Waals surface area (Å²) in [6.07, 6.45) is 73.5. The lowest BCUT2D eigenvalue weighted by atomic mass is 9.64. The summed E-state index contributed by atoms with van der Waals surface area (Å²) >= 11 is 2.06. The molecule has 0 aromatic carbocycles. The maximum atomic E-state index is 4.31. The molecule has 13 unspecified atom stereocenters. The van der Waals surface area contributed by atoms with Gasteiger partial charge in [-0.25, -0.2) is 0 Å². The third-order valence-electron chi connectivity index (χ3n) is 18.8. The fourth-order valence-corrected chi connectivity index (χ4v) is 17.2. The lowest BCUT2D eigenvalue weighted by molar-refractivity contribution is 0.175. The van der Waals surface area contributed by atoms with Crippen LogP contribution in [0, 0.1) is 53.3 Å². The number of nitrogens with one attached hydrogen (secondary N) is 1. The van der Waals surface area contributed by atoms with Gasteiger partial charge >= 0.3 is 0 Å². The molecule has 0 radical (unpaired) electrons. The van der Waals surface area contributed by atoms with Crippen LogP contribution in [-0.2, 0) is 6.42 Å². The van der Waals surface area contributed by atoms with Crippen molar-refractivity contribution in [2.24, 2.45) is 53.3 Å². The first-order valence-electron chi connectivity index (χ1n) is 26.4. The average Bonchev–Trinajstić information content (AvgIpc) is 4.02. The van der Waals surface area contributed by atoms with Crippen LogP contribution in [-0.4, -0.2) is 40.0 Å². The van der Waals surface area contributed by atoms with Gasteiger partial charge in [-0.15, -0.1) is 11.3 Å². The Morgan fingerprint density at radius 1 is 0.562 bits per heavy atom. The van der Waals surface area contributed by atoms with Crippen LogP contribution in [0.3, 0.4) is 0 Å². The van der Waals surface area contributed by atoms with E-state index in [0.717, 1.165) is 24.2 Å². The Hall–Kier alpha value is -4.02. The van der Waals surface area contributed by atoms with Gasteiger partial charge in [0.25, 0.3) is 0 Å². The molecule has 3 nitrogen and oxygen atoms in total. The van der Waals surface area contributed by atoms with Gasteiger partial charge in [-0.2, -0.15) is 0 Å². The third-order valence-corrected chi connectivity index (χ3v) is 20.1. The van der Waals surface area contributed by atoms with E-state index in [0.29, 0.717) is 65.7 Å². The van der Waals surface area contributed by atoms with Gasteiger partial charge in [-0.05, 0) is 198 Å². The molecule has 332 valence electrons. The second-order valence-electron chi connectivity index (χ2n) is 22.0. The Morgan fingerprint density at radius 2 is 1.30 bits per heavy atom. The quantitative estimate of drug-likeness (QED) is 0.276. The Kier molecular flexibility index (Phi) is 10.7. The zero-order chi connectivity index (χ0) is 42.1. The van der Waals surface area contributed by atoms with Crippen LogP contribution in [0.1, 0.15) is 120 Å². The molecule has 14 atom stereocenters. The Morgan fingerprint density at radius 3 is 2.06 bits per heavy atom. The SMILES string of the molecule is C1=CCCC(N2C3CCC(C4C=CC5C(C4)C4CC(C6C=CC(NC7=c8sc9c(c8=CCC7)CCC=C9)C([C@H]7CC=CCC7)C6)C=CC4N5C4=CC=CCC4)C=C3C3CCC=CC32)=C1. The lowest BCUT2D eigenvalue weighted by Gasteiger charge is -2.43. The van der Waals surface area contributed by atoms with E-state index in [4.69, 9.17) is 0 Å². The fraction of sp³-hybridized carbons (Fsp3) is 0.533. The van der Waals surface area contributed by atoms with Gasteiger partial charge in [0.1, 0.15) is 0 Å². The maximum Gasteiger partial charge on any atom is 0.0542 e. The molecular formula is C60H71N3S. The van der Waals surface area contributed by atoms with E-state index in [2.05, 4.69) is 148 Å². The monoisotopic (exact) mass is 866 g/mol. The van der Waals surface area contributed by atoms with Crippen molar-refractivity contribution >= 4 is 29.2 Å². The first-order chi connectivity index (χ1) is 31.7. The fourth-order valence-electron chi connectivity index (χ4n) is 15.8. The first kappa shape index (κ1) is 40.3. The van der Waals surface area contributed by atoms with Crippen molar-refractivity contribution in [2.45, 2.75) is 146 Å². The van der Waals surface area contributed by atoms with Crippen molar-refractivity contribution < 1.29 is 0 Å². The predicted molar refractivity (Wildman–Crippen MR) is 268 cm³/mol. The van der Waals surface area contributed by atoms with Gasteiger partial charge in [0.15, 0.2) is 0 Å². The predicted octanol–water partition coefficient (Wildman–Crippen LogP) is 12.2. The normalized spacial score (nSPS) is 40.1. The highest BCUT2D eigenvalue weighted by molar-refractivity contribution is 7.11. The van der Waals surface area contributed by atoms with Crippen molar-refractivity contribution in [3.8, 4) is 0 Å². The molecule has 1 aromatic rings. The molecule has 64 heavy (non-hydrogen) atoms. The zero-order valence-corrected chi connectivity index (χ0v) is 39.0. The van der Waals surface area contributed by atoms with Gasteiger partial charge in [0, 0.05) is 33.9 Å². The number of rotatable bonds is 7. The van der Waals surface area contributed by atoms with Crippen molar-refractivity contribution in [3.63, 3.8) is 0 Å². The van der Waals surface area contributed by atoms with E-state index in [9.17, 15) is 0 Å². The molecule has 13 rings (SSSR count). The highest BCUT2D eigenvalue weighted by atomic mass is 32.1. The zero-order valence-electron chi connectivity index (χ0n) is 38.2. The third kappa shape index (κ3) is 7.00. The number of hydrogen-bond acceptors (Lipinski definition) is 4. The van der Waals surface area contributed by atoms with Gasteiger partial charge in [-0.1, -0.05) is 103 Å². The molecule has 2 saturated heterocycles. The van der Waals surface area contributed by atoms with Crippen LogP contribution in [0.15, 0.2) is 126 Å². The molecule has 12 aliphatic rings. The smallest absolute Gasteiger partial charge is 0.0542 e. The van der Waals surface area contributed by atoms with Crippen LogP contribution in [0.5, 0.6) is 0 Å². The van der Waals surface area contributed by atoms with Crippen LogP contribution in [0.4, 0.5) is 0 Å². The molecule has 0 spiro atoms. The number of nitrogens with zero attached hydrogens (tertiary/aromatic N) is 2. The number of likely N-dealkylation sites (tertiary alicyclic amines) is 2. The molecule has 0 amide bonds. The van der Waals surface area contributed by atoms with E-state index >= 15 is 0 Å². The van der Waals surface area contributed by atoms with E-state index < -0.39 is 0 Å². The molecule has 1 aromatic heterocycles. The highest BCUT2D eigenvalue weighted by Gasteiger charge is 2.53. The topological polar surface area (TPSA) is 18.5 Å². The number of allylic oxidation sites excluding steroid dienone is 16. The van der Waals surface area contributed by atoms with Crippen LogP contribution >= 0.6 is 11.3 Å². The molecule has 1 N–H and O–H groups in total. The van der Waals surface area contributed by atoms with E-state index in [-0.39, 0.29) is 0 Å². The minimum Gasteiger partial charge on any atom is -0.381 e. The Bertz CT molecular complexity index is 2470. The Balaban J connectivity index is 0.781.